The second-order valence-corrected chi connectivity index (χ2v) is 5.42. The van der Waals surface area contributed by atoms with E-state index in [2.05, 4.69) is 19.2 Å². The van der Waals surface area contributed by atoms with E-state index in [9.17, 15) is 0 Å². The largest absolute Gasteiger partial charge is 0.330 e. The van der Waals surface area contributed by atoms with E-state index >= 15 is 0 Å². The lowest BCUT2D eigenvalue weighted by Gasteiger charge is -2.34. The molecule has 2 nitrogen and oxygen atoms in total. The van der Waals surface area contributed by atoms with Crippen LogP contribution in [0.4, 0.5) is 0 Å². The fourth-order valence-electron chi connectivity index (χ4n) is 1.82. The van der Waals surface area contributed by atoms with Crippen LogP contribution in [0.1, 0.15) is 25.5 Å². The van der Waals surface area contributed by atoms with E-state index in [0.717, 1.165) is 5.56 Å². The molecule has 0 heterocycles. The van der Waals surface area contributed by atoms with Crippen molar-refractivity contribution in [3.63, 3.8) is 0 Å². The Labute approximate surface area is 107 Å². The van der Waals surface area contributed by atoms with Crippen molar-refractivity contribution in [2.24, 2.45) is 11.1 Å². The number of nitrogens with two attached hydrogens (primary N) is 1. The van der Waals surface area contributed by atoms with Crippen molar-refractivity contribution in [3.8, 4) is 0 Å². The molecule has 90 valence electrons. The van der Waals surface area contributed by atoms with Gasteiger partial charge < -0.3 is 11.1 Å². The van der Waals surface area contributed by atoms with Crippen molar-refractivity contribution in [1.29, 1.82) is 0 Å². The summed E-state index contributed by atoms with van der Waals surface area (Å²) in [6.45, 7) is 4.80. The molecule has 0 saturated heterocycles. The molecule has 1 unspecified atom stereocenters. The maximum absolute atomic E-state index is 6.20. The van der Waals surface area contributed by atoms with Crippen molar-refractivity contribution in [3.05, 3.63) is 33.8 Å². The summed E-state index contributed by atoms with van der Waals surface area (Å²) < 4.78 is 0. The molecule has 0 amide bonds. The number of hydrogen-bond acceptors (Lipinski definition) is 2. The summed E-state index contributed by atoms with van der Waals surface area (Å²) in [5, 5.41) is 4.58. The smallest absolute Gasteiger partial charge is 0.0468 e. The fourth-order valence-corrected chi connectivity index (χ4v) is 2.34. The summed E-state index contributed by atoms with van der Waals surface area (Å²) in [5.41, 5.74) is 6.76. The molecule has 0 saturated carbocycles. The molecule has 1 atom stereocenters. The van der Waals surface area contributed by atoms with Gasteiger partial charge in [-0.15, -0.1) is 0 Å². The SMILES string of the molecule is CNC(c1ccc(Cl)cc1Cl)C(C)(C)CN. The van der Waals surface area contributed by atoms with Crippen LogP contribution in [0.15, 0.2) is 18.2 Å². The molecule has 4 heteroatoms. The van der Waals surface area contributed by atoms with Gasteiger partial charge in [0.25, 0.3) is 0 Å². The third kappa shape index (κ3) is 2.89. The molecule has 0 radical (unpaired) electrons. The predicted octanol–water partition coefficient (Wildman–Crippen LogP) is 3.24. The Morgan fingerprint density at radius 3 is 2.44 bits per heavy atom. The Morgan fingerprint density at radius 1 is 1.38 bits per heavy atom. The van der Waals surface area contributed by atoms with E-state index in [1.807, 2.05) is 19.2 Å². The van der Waals surface area contributed by atoms with Gasteiger partial charge in [-0.1, -0.05) is 43.1 Å². The minimum Gasteiger partial charge on any atom is -0.330 e. The molecule has 1 rings (SSSR count). The van der Waals surface area contributed by atoms with Crippen LogP contribution in [-0.2, 0) is 0 Å². The zero-order chi connectivity index (χ0) is 12.3. The summed E-state index contributed by atoms with van der Waals surface area (Å²) >= 11 is 12.1. The highest BCUT2D eigenvalue weighted by molar-refractivity contribution is 6.35. The zero-order valence-electron chi connectivity index (χ0n) is 9.85. The number of benzene rings is 1. The molecule has 0 spiro atoms. The first-order valence-electron chi connectivity index (χ1n) is 5.24. The van der Waals surface area contributed by atoms with Crippen LogP contribution in [0.5, 0.6) is 0 Å². The van der Waals surface area contributed by atoms with Crippen LogP contribution in [-0.4, -0.2) is 13.6 Å². The summed E-state index contributed by atoms with van der Waals surface area (Å²) in [7, 11) is 1.91. The summed E-state index contributed by atoms with van der Waals surface area (Å²) in [4.78, 5) is 0. The van der Waals surface area contributed by atoms with Crippen LogP contribution >= 0.6 is 23.2 Å². The van der Waals surface area contributed by atoms with Gasteiger partial charge in [-0.3, -0.25) is 0 Å². The van der Waals surface area contributed by atoms with Gasteiger partial charge in [-0.05, 0) is 36.7 Å². The molecule has 0 bridgehead atoms. The van der Waals surface area contributed by atoms with Crippen LogP contribution in [0, 0.1) is 5.41 Å². The van der Waals surface area contributed by atoms with Crippen molar-refractivity contribution >= 4 is 23.2 Å². The Bertz CT molecular complexity index is 364. The van der Waals surface area contributed by atoms with Gasteiger partial charge in [0.2, 0.25) is 0 Å². The van der Waals surface area contributed by atoms with E-state index < -0.39 is 0 Å². The summed E-state index contributed by atoms with van der Waals surface area (Å²) in [5.74, 6) is 0. The average molecular weight is 261 g/mol. The Balaban J connectivity index is 3.14. The highest BCUT2D eigenvalue weighted by Gasteiger charge is 2.29. The second kappa shape index (κ2) is 5.37. The highest BCUT2D eigenvalue weighted by Crippen LogP contribution is 2.36. The van der Waals surface area contributed by atoms with Crippen LogP contribution in [0.2, 0.25) is 10.0 Å². The van der Waals surface area contributed by atoms with E-state index in [0.29, 0.717) is 16.6 Å². The standard InChI is InChI=1S/C12H18Cl2N2/c1-12(2,7-15)11(16-3)9-5-4-8(13)6-10(9)14/h4-6,11,16H,7,15H2,1-3H3. The second-order valence-electron chi connectivity index (χ2n) is 4.58. The van der Waals surface area contributed by atoms with E-state index in [4.69, 9.17) is 28.9 Å². The summed E-state index contributed by atoms with van der Waals surface area (Å²) in [6, 6.07) is 5.67. The molecule has 16 heavy (non-hydrogen) atoms. The molecule has 0 fully saturated rings. The van der Waals surface area contributed by atoms with Crippen molar-refractivity contribution in [2.75, 3.05) is 13.6 Å². The third-order valence-electron chi connectivity index (χ3n) is 2.87. The van der Waals surface area contributed by atoms with E-state index in [1.165, 1.54) is 0 Å². The molecule has 0 aliphatic heterocycles. The Hall–Kier alpha value is -0.280. The lowest BCUT2D eigenvalue weighted by molar-refractivity contribution is 0.265. The van der Waals surface area contributed by atoms with Crippen molar-refractivity contribution in [2.45, 2.75) is 19.9 Å². The minimum atomic E-state index is -0.0633. The molecular weight excluding hydrogens is 243 g/mol. The van der Waals surface area contributed by atoms with Crippen LogP contribution in [0.3, 0.4) is 0 Å². The van der Waals surface area contributed by atoms with Crippen LogP contribution in [0.25, 0.3) is 0 Å². The lowest BCUT2D eigenvalue weighted by atomic mass is 9.80. The molecule has 0 aliphatic rings. The lowest BCUT2D eigenvalue weighted by Crippen LogP contribution is -2.37. The Kier molecular flexibility index (Phi) is 4.62. The number of rotatable bonds is 4. The van der Waals surface area contributed by atoms with Gasteiger partial charge in [0.05, 0.1) is 0 Å². The first kappa shape index (κ1) is 13.8. The molecule has 3 N–H and O–H groups in total. The Morgan fingerprint density at radius 2 is 2.00 bits per heavy atom. The maximum Gasteiger partial charge on any atom is 0.0468 e. The van der Waals surface area contributed by atoms with Gasteiger partial charge in [-0.25, -0.2) is 0 Å². The van der Waals surface area contributed by atoms with Gasteiger partial charge >= 0.3 is 0 Å². The topological polar surface area (TPSA) is 38.0 Å². The first-order valence-corrected chi connectivity index (χ1v) is 6.00. The normalized spacial score (nSPS) is 13.9. The average Bonchev–Trinajstić information content (AvgIpc) is 2.22. The minimum absolute atomic E-state index is 0.0633. The van der Waals surface area contributed by atoms with Crippen molar-refractivity contribution in [1.82, 2.24) is 5.32 Å². The monoisotopic (exact) mass is 260 g/mol. The van der Waals surface area contributed by atoms with Crippen LogP contribution < -0.4 is 11.1 Å². The molecule has 0 aromatic heterocycles. The first-order chi connectivity index (χ1) is 7.42. The third-order valence-corrected chi connectivity index (χ3v) is 3.43. The quantitative estimate of drug-likeness (QED) is 0.873. The van der Waals surface area contributed by atoms with Gasteiger partial charge in [0.15, 0.2) is 0 Å². The number of hydrogen-bond donors (Lipinski definition) is 2. The molecule has 0 aliphatic carbocycles. The zero-order valence-corrected chi connectivity index (χ0v) is 11.4. The molecule has 1 aromatic carbocycles. The van der Waals surface area contributed by atoms with Gasteiger partial charge in [0, 0.05) is 16.1 Å². The van der Waals surface area contributed by atoms with Gasteiger partial charge in [-0.2, -0.15) is 0 Å². The van der Waals surface area contributed by atoms with E-state index in [1.54, 1.807) is 6.07 Å². The molecular formula is C12H18Cl2N2. The maximum atomic E-state index is 6.20. The highest BCUT2D eigenvalue weighted by atomic mass is 35.5. The fraction of sp³-hybridized carbons (Fsp3) is 0.500. The predicted molar refractivity (Wildman–Crippen MR) is 71.1 cm³/mol. The summed E-state index contributed by atoms with van der Waals surface area (Å²) in [6.07, 6.45) is 0. The molecule has 1 aromatic rings. The van der Waals surface area contributed by atoms with Crippen molar-refractivity contribution < 1.29 is 0 Å². The van der Waals surface area contributed by atoms with E-state index in [-0.39, 0.29) is 11.5 Å². The number of nitrogens with one attached hydrogen (secondary N) is 1. The van der Waals surface area contributed by atoms with Gasteiger partial charge in [0.1, 0.15) is 0 Å². The number of halogens is 2.